The van der Waals surface area contributed by atoms with E-state index in [1.54, 1.807) is 12.3 Å². The molecule has 6 heteroatoms. The van der Waals surface area contributed by atoms with E-state index in [-0.39, 0.29) is 17.8 Å². The largest absolute Gasteiger partial charge is 0.483 e. The van der Waals surface area contributed by atoms with E-state index in [4.69, 9.17) is 10.5 Å². The van der Waals surface area contributed by atoms with Gasteiger partial charge in [0.15, 0.2) is 6.61 Å². The van der Waals surface area contributed by atoms with Gasteiger partial charge in [-0.25, -0.2) is 0 Å². The quantitative estimate of drug-likeness (QED) is 0.760. The number of carbonyl (C=O) groups is 1. The SMILES string of the molecule is CC(CNC(=O)COc1ccccc1CN)S(C)=O. The molecule has 0 aliphatic rings. The smallest absolute Gasteiger partial charge is 0.257 e. The highest BCUT2D eigenvalue weighted by molar-refractivity contribution is 7.84. The van der Waals surface area contributed by atoms with Crippen molar-refractivity contribution in [2.75, 3.05) is 19.4 Å². The Morgan fingerprint density at radius 3 is 2.79 bits per heavy atom. The van der Waals surface area contributed by atoms with Gasteiger partial charge in [-0.05, 0) is 13.0 Å². The minimum absolute atomic E-state index is 0.0692. The molecule has 0 heterocycles. The summed E-state index contributed by atoms with van der Waals surface area (Å²) in [5, 5.41) is 2.61. The van der Waals surface area contributed by atoms with E-state index in [1.807, 2.05) is 25.1 Å². The lowest BCUT2D eigenvalue weighted by Gasteiger charge is -2.12. The number of amides is 1. The van der Waals surface area contributed by atoms with Crippen molar-refractivity contribution in [2.45, 2.75) is 18.7 Å². The van der Waals surface area contributed by atoms with Crippen LogP contribution >= 0.6 is 0 Å². The summed E-state index contributed by atoms with van der Waals surface area (Å²) in [5.74, 6) is 0.386. The maximum Gasteiger partial charge on any atom is 0.257 e. The lowest BCUT2D eigenvalue weighted by molar-refractivity contribution is -0.123. The average molecular weight is 284 g/mol. The Bertz CT molecular complexity index is 451. The van der Waals surface area contributed by atoms with E-state index in [2.05, 4.69) is 5.32 Å². The lowest BCUT2D eigenvalue weighted by Crippen LogP contribution is -2.35. The van der Waals surface area contributed by atoms with Gasteiger partial charge in [-0.1, -0.05) is 18.2 Å². The fraction of sp³-hybridized carbons (Fsp3) is 0.462. The minimum Gasteiger partial charge on any atom is -0.483 e. The molecular formula is C13H20N2O3S. The number of carbonyl (C=O) groups excluding carboxylic acids is 1. The molecule has 0 bridgehead atoms. The second-order valence-corrected chi connectivity index (χ2v) is 6.02. The van der Waals surface area contributed by atoms with Crippen LogP contribution in [0.5, 0.6) is 5.75 Å². The topological polar surface area (TPSA) is 81.4 Å². The summed E-state index contributed by atoms with van der Waals surface area (Å²) in [4.78, 5) is 11.6. The van der Waals surface area contributed by atoms with Crippen LogP contribution in [0.15, 0.2) is 24.3 Å². The molecule has 1 rings (SSSR count). The van der Waals surface area contributed by atoms with Crippen molar-refractivity contribution in [2.24, 2.45) is 5.73 Å². The van der Waals surface area contributed by atoms with Crippen molar-refractivity contribution in [3.63, 3.8) is 0 Å². The summed E-state index contributed by atoms with van der Waals surface area (Å²) in [6.07, 6.45) is 1.62. The van der Waals surface area contributed by atoms with Crippen molar-refractivity contribution < 1.29 is 13.7 Å². The van der Waals surface area contributed by atoms with Crippen molar-refractivity contribution >= 4 is 16.7 Å². The van der Waals surface area contributed by atoms with Crippen molar-refractivity contribution in [1.29, 1.82) is 0 Å². The fourth-order valence-electron chi connectivity index (χ4n) is 1.38. The molecule has 2 atom stereocenters. The highest BCUT2D eigenvalue weighted by Gasteiger charge is 2.09. The van der Waals surface area contributed by atoms with Gasteiger partial charge in [0.25, 0.3) is 5.91 Å². The third kappa shape index (κ3) is 5.40. The highest BCUT2D eigenvalue weighted by Crippen LogP contribution is 2.16. The Kier molecular flexibility index (Phi) is 6.52. The Labute approximate surface area is 116 Å². The van der Waals surface area contributed by atoms with E-state index >= 15 is 0 Å². The van der Waals surface area contributed by atoms with Gasteiger partial charge in [0.2, 0.25) is 0 Å². The molecule has 0 aliphatic heterocycles. The molecule has 1 aromatic rings. The third-order valence-corrected chi connectivity index (χ3v) is 4.00. The zero-order valence-electron chi connectivity index (χ0n) is 11.2. The monoisotopic (exact) mass is 284 g/mol. The normalized spacial score (nSPS) is 13.6. The molecule has 106 valence electrons. The number of para-hydroxylation sites is 1. The molecule has 1 aromatic carbocycles. The van der Waals surface area contributed by atoms with Gasteiger partial charge in [-0.3, -0.25) is 9.00 Å². The van der Waals surface area contributed by atoms with Crippen molar-refractivity contribution in [3.8, 4) is 5.75 Å². The van der Waals surface area contributed by atoms with Crippen LogP contribution in [0.25, 0.3) is 0 Å². The molecule has 0 aliphatic carbocycles. The molecule has 0 saturated carbocycles. The van der Waals surface area contributed by atoms with Gasteiger partial charge in [0, 0.05) is 41.0 Å². The van der Waals surface area contributed by atoms with Crippen LogP contribution in [0.4, 0.5) is 0 Å². The Morgan fingerprint density at radius 2 is 2.16 bits per heavy atom. The van der Waals surface area contributed by atoms with E-state index in [1.165, 1.54) is 0 Å². The van der Waals surface area contributed by atoms with Crippen LogP contribution in [0.3, 0.4) is 0 Å². The zero-order chi connectivity index (χ0) is 14.3. The molecule has 3 N–H and O–H groups in total. The number of hydrogen-bond donors (Lipinski definition) is 2. The Hall–Kier alpha value is -1.40. The molecule has 0 spiro atoms. The van der Waals surface area contributed by atoms with Crippen LogP contribution in [0.1, 0.15) is 12.5 Å². The molecular weight excluding hydrogens is 264 g/mol. The van der Waals surface area contributed by atoms with Crippen LogP contribution in [0, 0.1) is 0 Å². The second-order valence-electron chi connectivity index (χ2n) is 4.21. The summed E-state index contributed by atoms with van der Waals surface area (Å²) < 4.78 is 16.5. The third-order valence-electron chi connectivity index (χ3n) is 2.70. The van der Waals surface area contributed by atoms with Crippen LogP contribution in [0.2, 0.25) is 0 Å². The summed E-state index contributed by atoms with van der Waals surface area (Å²) in [7, 11) is -0.944. The van der Waals surface area contributed by atoms with Crippen LogP contribution in [-0.2, 0) is 22.1 Å². The second kappa shape index (κ2) is 7.91. The van der Waals surface area contributed by atoms with Crippen molar-refractivity contribution in [1.82, 2.24) is 5.32 Å². The molecule has 2 unspecified atom stereocenters. The minimum atomic E-state index is -0.944. The molecule has 0 fully saturated rings. The Morgan fingerprint density at radius 1 is 1.47 bits per heavy atom. The van der Waals surface area contributed by atoms with Crippen molar-refractivity contribution in [3.05, 3.63) is 29.8 Å². The number of ether oxygens (including phenoxy) is 1. The van der Waals surface area contributed by atoms with Gasteiger partial charge in [0.1, 0.15) is 5.75 Å². The van der Waals surface area contributed by atoms with E-state index < -0.39 is 10.8 Å². The predicted molar refractivity (Wildman–Crippen MR) is 76.4 cm³/mol. The molecule has 5 nitrogen and oxygen atoms in total. The van der Waals surface area contributed by atoms with E-state index in [0.717, 1.165) is 5.56 Å². The van der Waals surface area contributed by atoms with Gasteiger partial charge in [-0.2, -0.15) is 0 Å². The predicted octanol–water partition coefficient (Wildman–Crippen LogP) is 0.407. The standard InChI is InChI=1S/C13H20N2O3S/c1-10(19(2)17)8-15-13(16)9-18-12-6-4-3-5-11(12)7-14/h3-6,10H,7-9,14H2,1-2H3,(H,15,16). The van der Waals surface area contributed by atoms with Gasteiger partial charge < -0.3 is 15.8 Å². The Balaban J connectivity index is 2.40. The van der Waals surface area contributed by atoms with Gasteiger partial charge in [-0.15, -0.1) is 0 Å². The first-order valence-electron chi connectivity index (χ1n) is 6.04. The summed E-state index contributed by atoms with van der Waals surface area (Å²) in [5.41, 5.74) is 6.43. The summed E-state index contributed by atoms with van der Waals surface area (Å²) in [6, 6.07) is 7.33. The number of nitrogens with two attached hydrogens (primary N) is 1. The number of benzene rings is 1. The summed E-state index contributed by atoms with van der Waals surface area (Å²) >= 11 is 0. The summed E-state index contributed by atoms with van der Waals surface area (Å²) in [6.45, 7) is 2.49. The van der Waals surface area contributed by atoms with Crippen LogP contribution < -0.4 is 15.8 Å². The first-order valence-corrected chi connectivity index (χ1v) is 7.66. The number of hydrogen-bond acceptors (Lipinski definition) is 4. The first-order chi connectivity index (χ1) is 9.04. The maximum absolute atomic E-state index is 11.6. The molecule has 0 aromatic heterocycles. The van der Waals surface area contributed by atoms with Gasteiger partial charge >= 0.3 is 0 Å². The lowest BCUT2D eigenvalue weighted by atomic mass is 10.2. The molecule has 1 amide bonds. The first kappa shape index (κ1) is 15.7. The zero-order valence-corrected chi connectivity index (χ0v) is 12.0. The number of nitrogens with one attached hydrogen (secondary N) is 1. The average Bonchev–Trinajstić information content (AvgIpc) is 2.42. The van der Waals surface area contributed by atoms with E-state index in [9.17, 15) is 9.00 Å². The molecule has 19 heavy (non-hydrogen) atoms. The number of rotatable bonds is 7. The van der Waals surface area contributed by atoms with Crippen LogP contribution in [-0.4, -0.2) is 34.8 Å². The van der Waals surface area contributed by atoms with E-state index in [0.29, 0.717) is 18.8 Å². The molecule has 0 saturated heterocycles. The van der Waals surface area contributed by atoms with Gasteiger partial charge in [0.05, 0.1) is 0 Å². The fourth-order valence-corrected chi connectivity index (χ4v) is 1.70. The highest BCUT2D eigenvalue weighted by atomic mass is 32.2. The maximum atomic E-state index is 11.6. The molecule has 0 radical (unpaired) electrons.